The van der Waals surface area contributed by atoms with E-state index < -0.39 is 0 Å². The summed E-state index contributed by atoms with van der Waals surface area (Å²) < 4.78 is 10.5. The van der Waals surface area contributed by atoms with Crippen molar-refractivity contribution in [2.24, 2.45) is 0 Å². The molecule has 0 aliphatic carbocycles. The van der Waals surface area contributed by atoms with Crippen molar-refractivity contribution in [3.05, 3.63) is 47.0 Å². The number of aryl methyl sites for hydroxylation is 1. The molecule has 1 aliphatic rings. The Hall–Kier alpha value is -2.60. The van der Waals surface area contributed by atoms with Gasteiger partial charge < -0.3 is 24.6 Å². The van der Waals surface area contributed by atoms with E-state index in [0.717, 1.165) is 29.4 Å². The number of urea groups is 1. The van der Waals surface area contributed by atoms with Gasteiger partial charge in [0.05, 0.1) is 14.2 Å². The van der Waals surface area contributed by atoms with Crippen molar-refractivity contribution in [1.29, 1.82) is 0 Å². The zero-order valence-electron chi connectivity index (χ0n) is 15.8. The Labute approximate surface area is 164 Å². The number of nitrogens with zero attached hydrogens (tertiary/aromatic N) is 2. The van der Waals surface area contributed by atoms with Gasteiger partial charge in [0, 0.05) is 48.6 Å². The smallest absolute Gasteiger partial charge is 0.321 e. The SMILES string of the molecule is COc1ccc(NC(=O)N2CCN(c3ccc(C)c(Cl)c3)CC2)cc1OC. The molecule has 0 unspecified atom stereocenters. The Bertz CT molecular complexity index is 820. The van der Waals surface area contributed by atoms with Gasteiger partial charge in [-0.1, -0.05) is 17.7 Å². The molecule has 0 spiro atoms. The fraction of sp³-hybridized carbons (Fsp3) is 0.350. The molecule has 3 rings (SSSR count). The van der Waals surface area contributed by atoms with E-state index >= 15 is 0 Å². The van der Waals surface area contributed by atoms with Gasteiger partial charge in [0.15, 0.2) is 11.5 Å². The number of carbonyl (C=O) groups is 1. The summed E-state index contributed by atoms with van der Waals surface area (Å²) in [6.45, 7) is 4.80. The highest BCUT2D eigenvalue weighted by atomic mass is 35.5. The maximum atomic E-state index is 12.6. The highest BCUT2D eigenvalue weighted by Crippen LogP contribution is 2.30. The standard InChI is InChI=1S/C20H24ClN3O3/c1-14-4-6-16(13-17(14)21)23-8-10-24(11-9-23)20(25)22-15-5-7-18(26-2)19(12-15)27-3/h4-7,12-13H,8-11H2,1-3H3,(H,22,25). The lowest BCUT2D eigenvalue weighted by Gasteiger charge is -2.36. The topological polar surface area (TPSA) is 54.0 Å². The molecule has 144 valence electrons. The molecule has 0 bridgehead atoms. The van der Waals surface area contributed by atoms with Crippen LogP contribution in [0.2, 0.25) is 5.02 Å². The fourth-order valence-electron chi connectivity index (χ4n) is 3.06. The molecule has 1 aliphatic heterocycles. The first kappa shape index (κ1) is 19.2. The Kier molecular flexibility index (Phi) is 5.96. The number of amides is 2. The average molecular weight is 390 g/mol. The predicted molar refractivity (Wildman–Crippen MR) is 109 cm³/mol. The first-order chi connectivity index (χ1) is 13.0. The van der Waals surface area contributed by atoms with Gasteiger partial charge >= 0.3 is 6.03 Å². The number of halogens is 1. The maximum Gasteiger partial charge on any atom is 0.321 e. The number of piperazine rings is 1. The molecule has 1 N–H and O–H groups in total. The molecule has 7 heteroatoms. The molecule has 1 fully saturated rings. The fourth-order valence-corrected chi connectivity index (χ4v) is 3.24. The minimum absolute atomic E-state index is 0.121. The summed E-state index contributed by atoms with van der Waals surface area (Å²) >= 11 is 6.23. The lowest BCUT2D eigenvalue weighted by molar-refractivity contribution is 0.208. The van der Waals surface area contributed by atoms with Crippen LogP contribution in [0.3, 0.4) is 0 Å². The second kappa shape index (κ2) is 8.39. The van der Waals surface area contributed by atoms with E-state index in [9.17, 15) is 4.79 Å². The number of methoxy groups -OCH3 is 2. The lowest BCUT2D eigenvalue weighted by atomic mass is 10.2. The molecule has 0 saturated carbocycles. The summed E-state index contributed by atoms with van der Waals surface area (Å²) in [5.74, 6) is 1.21. The minimum Gasteiger partial charge on any atom is -0.493 e. The van der Waals surface area contributed by atoms with Crippen LogP contribution in [0.15, 0.2) is 36.4 Å². The summed E-state index contributed by atoms with van der Waals surface area (Å²) in [5, 5.41) is 3.69. The molecule has 6 nitrogen and oxygen atoms in total. The zero-order valence-corrected chi connectivity index (χ0v) is 16.5. The van der Waals surface area contributed by atoms with Crippen LogP contribution in [-0.2, 0) is 0 Å². The maximum absolute atomic E-state index is 12.6. The van der Waals surface area contributed by atoms with Crippen LogP contribution in [0.4, 0.5) is 16.2 Å². The van der Waals surface area contributed by atoms with E-state index in [1.807, 2.05) is 24.0 Å². The highest BCUT2D eigenvalue weighted by molar-refractivity contribution is 6.31. The largest absolute Gasteiger partial charge is 0.493 e. The molecule has 0 radical (unpaired) electrons. The van der Waals surface area contributed by atoms with Crippen molar-refractivity contribution >= 4 is 29.0 Å². The van der Waals surface area contributed by atoms with Gasteiger partial charge in [0.2, 0.25) is 0 Å². The van der Waals surface area contributed by atoms with Crippen LogP contribution in [0.25, 0.3) is 0 Å². The van der Waals surface area contributed by atoms with Crippen molar-refractivity contribution in [3.8, 4) is 11.5 Å². The Morgan fingerprint density at radius 2 is 1.70 bits per heavy atom. The first-order valence-corrected chi connectivity index (χ1v) is 9.18. The summed E-state index contributed by atoms with van der Waals surface area (Å²) in [6, 6.07) is 11.3. The molecule has 1 heterocycles. The molecular formula is C20H24ClN3O3. The van der Waals surface area contributed by atoms with E-state index in [1.165, 1.54) is 0 Å². The monoisotopic (exact) mass is 389 g/mol. The van der Waals surface area contributed by atoms with Crippen LogP contribution < -0.4 is 19.7 Å². The van der Waals surface area contributed by atoms with E-state index in [4.69, 9.17) is 21.1 Å². The van der Waals surface area contributed by atoms with E-state index in [0.29, 0.717) is 30.3 Å². The Balaban J connectivity index is 1.59. The molecule has 2 aromatic carbocycles. The van der Waals surface area contributed by atoms with Gasteiger partial charge in [-0.25, -0.2) is 4.79 Å². The number of rotatable bonds is 4. The van der Waals surface area contributed by atoms with Crippen LogP contribution in [-0.4, -0.2) is 51.3 Å². The third kappa shape index (κ3) is 4.39. The molecule has 0 aromatic heterocycles. The number of benzene rings is 2. The molecular weight excluding hydrogens is 366 g/mol. The molecule has 2 aromatic rings. The third-order valence-electron chi connectivity index (χ3n) is 4.72. The van der Waals surface area contributed by atoms with E-state index in [1.54, 1.807) is 32.4 Å². The summed E-state index contributed by atoms with van der Waals surface area (Å²) in [4.78, 5) is 16.6. The number of anilines is 2. The molecule has 0 atom stereocenters. The summed E-state index contributed by atoms with van der Waals surface area (Å²) in [7, 11) is 3.15. The second-order valence-electron chi connectivity index (χ2n) is 6.41. The minimum atomic E-state index is -0.121. The van der Waals surface area contributed by atoms with Gasteiger partial charge in [-0.2, -0.15) is 0 Å². The molecule has 2 amide bonds. The average Bonchev–Trinajstić information content (AvgIpc) is 2.70. The Morgan fingerprint density at radius 3 is 2.33 bits per heavy atom. The van der Waals surface area contributed by atoms with Gasteiger partial charge in [-0.3, -0.25) is 0 Å². The van der Waals surface area contributed by atoms with Crippen molar-refractivity contribution in [1.82, 2.24) is 4.90 Å². The van der Waals surface area contributed by atoms with Crippen LogP contribution in [0.5, 0.6) is 11.5 Å². The van der Waals surface area contributed by atoms with E-state index in [-0.39, 0.29) is 6.03 Å². The highest BCUT2D eigenvalue weighted by Gasteiger charge is 2.22. The Morgan fingerprint density at radius 1 is 1.00 bits per heavy atom. The number of carbonyl (C=O) groups excluding carboxylic acids is 1. The number of ether oxygens (including phenoxy) is 2. The predicted octanol–water partition coefficient (Wildman–Crippen LogP) is 4.02. The molecule has 1 saturated heterocycles. The lowest BCUT2D eigenvalue weighted by Crippen LogP contribution is -2.50. The quantitative estimate of drug-likeness (QED) is 0.858. The van der Waals surface area contributed by atoms with Gasteiger partial charge in [0.1, 0.15) is 0 Å². The van der Waals surface area contributed by atoms with Crippen molar-refractivity contribution in [3.63, 3.8) is 0 Å². The van der Waals surface area contributed by atoms with Gasteiger partial charge in [0.25, 0.3) is 0 Å². The summed E-state index contributed by atoms with van der Waals surface area (Å²) in [5.41, 5.74) is 2.82. The normalized spacial score (nSPS) is 14.1. The first-order valence-electron chi connectivity index (χ1n) is 8.81. The third-order valence-corrected chi connectivity index (χ3v) is 5.13. The van der Waals surface area contributed by atoms with E-state index in [2.05, 4.69) is 16.3 Å². The zero-order chi connectivity index (χ0) is 19.4. The van der Waals surface area contributed by atoms with Crippen LogP contribution in [0, 0.1) is 6.92 Å². The number of nitrogens with one attached hydrogen (secondary N) is 1. The van der Waals surface area contributed by atoms with Crippen LogP contribution in [0.1, 0.15) is 5.56 Å². The van der Waals surface area contributed by atoms with Crippen molar-refractivity contribution < 1.29 is 14.3 Å². The summed E-state index contributed by atoms with van der Waals surface area (Å²) in [6.07, 6.45) is 0. The van der Waals surface area contributed by atoms with Crippen molar-refractivity contribution in [2.75, 3.05) is 50.6 Å². The van der Waals surface area contributed by atoms with Crippen LogP contribution >= 0.6 is 11.6 Å². The number of hydrogen-bond donors (Lipinski definition) is 1. The van der Waals surface area contributed by atoms with Gasteiger partial charge in [-0.15, -0.1) is 0 Å². The van der Waals surface area contributed by atoms with Gasteiger partial charge in [-0.05, 0) is 36.8 Å². The number of hydrogen-bond acceptors (Lipinski definition) is 4. The molecule has 27 heavy (non-hydrogen) atoms. The second-order valence-corrected chi connectivity index (χ2v) is 6.81. The van der Waals surface area contributed by atoms with Crippen molar-refractivity contribution in [2.45, 2.75) is 6.92 Å².